The van der Waals surface area contributed by atoms with Crippen LogP contribution in [0.1, 0.15) is 11.3 Å². The van der Waals surface area contributed by atoms with Gasteiger partial charge in [0, 0.05) is 33.6 Å². The number of hydrogen-bond acceptors (Lipinski definition) is 1. The molecule has 3 rings (SSSR count). The highest BCUT2D eigenvalue weighted by Crippen LogP contribution is 2.18. The summed E-state index contributed by atoms with van der Waals surface area (Å²) in [5, 5.41) is 1.38. The highest BCUT2D eigenvalue weighted by molar-refractivity contribution is 6.31. The molecule has 1 aliphatic rings. The van der Waals surface area contributed by atoms with E-state index in [0.29, 0.717) is 22.4 Å². The second-order valence-electron chi connectivity index (χ2n) is 4.02. The lowest BCUT2D eigenvalue weighted by Crippen LogP contribution is -2.10. The van der Waals surface area contributed by atoms with E-state index in [-0.39, 0.29) is 5.43 Å². The van der Waals surface area contributed by atoms with Gasteiger partial charge < -0.3 is 4.98 Å². The standard InChI is InChI=1S/C14H10ClNO/c15-9-5-7-11-13(8-6-9)16-12-4-2-1-3-10(12)14(11)17/h1-7H,8H2,(H,16,17). The Morgan fingerprint density at radius 1 is 1.18 bits per heavy atom. The van der Waals surface area contributed by atoms with Gasteiger partial charge in [0.2, 0.25) is 0 Å². The zero-order chi connectivity index (χ0) is 11.8. The first-order valence-corrected chi connectivity index (χ1v) is 5.81. The first kappa shape index (κ1) is 10.4. The molecule has 1 heterocycles. The maximum Gasteiger partial charge on any atom is 0.196 e. The van der Waals surface area contributed by atoms with Crippen LogP contribution in [0.3, 0.4) is 0 Å². The number of benzene rings is 1. The van der Waals surface area contributed by atoms with Crippen LogP contribution < -0.4 is 5.43 Å². The third kappa shape index (κ3) is 1.71. The van der Waals surface area contributed by atoms with Crippen molar-refractivity contribution in [3.8, 4) is 0 Å². The fourth-order valence-corrected chi connectivity index (χ4v) is 2.21. The summed E-state index contributed by atoms with van der Waals surface area (Å²) in [7, 11) is 0. The second kappa shape index (κ2) is 3.90. The summed E-state index contributed by atoms with van der Waals surface area (Å²) in [6, 6.07) is 7.54. The van der Waals surface area contributed by atoms with Gasteiger partial charge >= 0.3 is 0 Å². The lowest BCUT2D eigenvalue weighted by Gasteiger charge is -2.05. The smallest absolute Gasteiger partial charge is 0.196 e. The van der Waals surface area contributed by atoms with E-state index in [1.165, 1.54) is 0 Å². The van der Waals surface area contributed by atoms with E-state index in [1.807, 2.05) is 30.3 Å². The van der Waals surface area contributed by atoms with E-state index in [4.69, 9.17) is 11.6 Å². The normalized spacial score (nSPS) is 14.3. The molecule has 0 atom stereocenters. The molecule has 84 valence electrons. The molecule has 2 aromatic rings. The fourth-order valence-electron chi connectivity index (χ4n) is 2.07. The molecule has 1 aromatic carbocycles. The molecule has 17 heavy (non-hydrogen) atoms. The van der Waals surface area contributed by atoms with Gasteiger partial charge in [0.1, 0.15) is 0 Å². The van der Waals surface area contributed by atoms with Crippen molar-refractivity contribution in [1.82, 2.24) is 4.98 Å². The fraction of sp³-hybridized carbons (Fsp3) is 0.0714. The lowest BCUT2D eigenvalue weighted by molar-refractivity contribution is 1.13. The van der Waals surface area contributed by atoms with Gasteiger partial charge in [-0.05, 0) is 24.3 Å². The molecule has 0 amide bonds. The molecule has 0 aliphatic heterocycles. The molecular formula is C14H10ClNO. The quantitative estimate of drug-likeness (QED) is 0.757. The average Bonchev–Trinajstić information content (AvgIpc) is 2.53. The Bertz CT molecular complexity index is 710. The minimum atomic E-state index is 0.0605. The first-order chi connectivity index (χ1) is 8.25. The molecule has 0 saturated heterocycles. The summed E-state index contributed by atoms with van der Waals surface area (Å²) < 4.78 is 0. The Hall–Kier alpha value is -1.80. The highest BCUT2D eigenvalue weighted by atomic mass is 35.5. The van der Waals surface area contributed by atoms with Crippen molar-refractivity contribution >= 4 is 28.6 Å². The van der Waals surface area contributed by atoms with Crippen LogP contribution in [0, 0.1) is 0 Å². The first-order valence-electron chi connectivity index (χ1n) is 5.43. The minimum Gasteiger partial charge on any atom is -0.357 e. The van der Waals surface area contributed by atoms with Gasteiger partial charge in [-0.25, -0.2) is 0 Å². The number of aromatic nitrogens is 1. The summed E-state index contributed by atoms with van der Waals surface area (Å²) in [6.45, 7) is 0. The van der Waals surface area contributed by atoms with Gasteiger partial charge in [0.15, 0.2) is 5.43 Å². The van der Waals surface area contributed by atoms with Gasteiger partial charge in [-0.15, -0.1) is 0 Å². The molecule has 0 radical (unpaired) electrons. The molecule has 0 unspecified atom stereocenters. The van der Waals surface area contributed by atoms with Crippen molar-refractivity contribution in [3.63, 3.8) is 0 Å². The summed E-state index contributed by atoms with van der Waals surface area (Å²) >= 11 is 5.95. The number of fused-ring (bicyclic) bond motifs is 2. The highest BCUT2D eigenvalue weighted by Gasteiger charge is 2.10. The molecule has 0 fully saturated rings. The van der Waals surface area contributed by atoms with Crippen molar-refractivity contribution in [2.24, 2.45) is 0 Å². The summed E-state index contributed by atoms with van der Waals surface area (Å²) in [5.41, 5.74) is 2.55. The predicted octanol–water partition coefficient (Wildman–Crippen LogP) is 3.22. The number of H-pyrrole nitrogens is 1. The van der Waals surface area contributed by atoms with Crippen molar-refractivity contribution in [2.75, 3.05) is 0 Å². The monoisotopic (exact) mass is 243 g/mol. The molecule has 1 aromatic heterocycles. The molecule has 1 N–H and O–H groups in total. The zero-order valence-corrected chi connectivity index (χ0v) is 9.79. The van der Waals surface area contributed by atoms with E-state index >= 15 is 0 Å². The summed E-state index contributed by atoms with van der Waals surface area (Å²) in [5.74, 6) is 0. The van der Waals surface area contributed by atoms with Gasteiger partial charge in [-0.3, -0.25) is 4.79 Å². The van der Waals surface area contributed by atoms with E-state index in [9.17, 15) is 4.79 Å². The van der Waals surface area contributed by atoms with Crippen LogP contribution in [0.2, 0.25) is 0 Å². The number of nitrogens with one attached hydrogen (secondary N) is 1. The van der Waals surface area contributed by atoms with Gasteiger partial charge in [-0.1, -0.05) is 29.8 Å². The van der Waals surface area contributed by atoms with Crippen LogP contribution in [0.25, 0.3) is 17.0 Å². The maximum absolute atomic E-state index is 12.3. The van der Waals surface area contributed by atoms with Crippen molar-refractivity contribution in [2.45, 2.75) is 6.42 Å². The average molecular weight is 244 g/mol. The van der Waals surface area contributed by atoms with Crippen LogP contribution in [-0.2, 0) is 6.42 Å². The summed E-state index contributed by atoms with van der Waals surface area (Å²) in [4.78, 5) is 15.6. The molecule has 2 nitrogen and oxygen atoms in total. The van der Waals surface area contributed by atoms with Gasteiger partial charge in [0.25, 0.3) is 0 Å². The van der Waals surface area contributed by atoms with E-state index in [1.54, 1.807) is 12.2 Å². The zero-order valence-electron chi connectivity index (χ0n) is 9.03. The number of halogens is 1. The molecular weight excluding hydrogens is 234 g/mol. The number of para-hydroxylation sites is 1. The van der Waals surface area contributed by atoms with Crippen molar-refractivity contribution in [3.05, 3.63) is 62.9 Å². The van der Waals surface area contributed by atoms with Crippen LogP contribution in [0.4, 0.5) is 0 Å². The number of pyridine rings is 1. The van der Waals surface area contributed by atoms with Crippen LogP contribution in [-0.4, -0.2) is 4.98 Å². The topological polar surface area (TPSA) is 32.9 Å². The lowest BCUT2D eigenvalue weighted by atomic mass is 10.1. The molecule has 1 aliphatic carbocycles. The summed E-state index contributed by atoms with van der Waals surface area (Å²) in [6.07, 6.45) is 6.10. The third-order valence-electron chi connectivity index (χ3n) is 2.94. The van der Waals surface area contributed by atoms with Crippen LogP contribution >= 0.6 is 11.6 Å². The minimum absolute atomic E-state index is 0.0605. The van der Waals surface area contributed by atoms with Gasteiger partial charge in [0.05, 0.1) is 0 Å². The molecule has 0 spiro atoms. The van der Waals surface area contributed by atoms with Crippen LogP contribution in [0.5, 0.6) is 0 Å². The Morgan fingerprint density at radius 2 is 2.00 bits per heavy atom. The largest absolute Gasteiger partial charge is 0.357 e. The van der Waals surface area contributed by atoms with Crippen LogP contribution in [0.15, 0.2) is 46.2 Å². The van der Waals surface area contributed by atoms with E-state index < -0.39 is 0 Å². The van der Waals surface area contributed by atoms with Gasteiger partial charge in [-0.2, -0.15) is 0 Å². The van der Waals surface area contributed by atoms with E-state index in [2.05, 4.69) is 4.98 Å². The number of rotatable bonds is 0. The Labute approximate surface area is 103 Å². The SMILES string of the molecule is O=c1c2c([nH]c3ccccc13)CC=C(Cl)C=C2. The van der Waals surface area contributed by atoms with Crippen molar-refractivity contribution in [1.29, 1.82) is 0 Å². The molecule has 0 saturated carbocycles. The molecule has 0 bridgehead atoms. The second-order valence-corrected chi connectivity index (χ2v) is 4.45. The number of hydrogen-bond donors (Lipinski definition) is 1. The predicted molar refractivity (Wildman–Crippen MR) is 71.2 cm³/mol. The molecule has 3 heteroatoms. The number of allylic oxidation sites excluding steroid dienone is 3. The Balaban J connectivity index is 2.38. The Morgan fingerprint density at radius 3 is 2.88 bits per heavy atom. The van der Waals surface area contributed by atoms with Crippen molar-refractivity contribution < 1.29 is 0 Å². The third-order valence-corrected chi connectivity index (χ3v) is 3.22. The van der Waals surface area contributed by atoms with E-state index in [0.717, 1.165) is 11.2 Å². The Kier molecular flexibility index (Phi) is 2.37. The maximum atomic E-state index is 12.3. The number of aromatic amines is 1.